The summed E-state index contributed by atoms with van der Waals surface area (Å²) in [6, 6.07) is 4.93. The summed E-state index contributed by atoms with van der Waals surface area (Å²) in [5.74, 6) is 0. The normalized spacial score (nSPS) is 11.3. The smallest absolute Gasteiger partial charge is 0.319 e. The van der Waals surface area contributed by atoms with Crippen LogP contribution in [0.1, 0.15) is 225 Å². The number of primary amides is 2. The van der Waals surface area contributed by atoms with Gasteiger partial charge in [-0.3, -0.25) is 9.80 Å². The van der Waals surface area contributed by atoms with Crippen molar-refractivity contribution >= 4 is 23.4 Å². The van der Waals surface area contributed by atoms with Crippen LogP contribution in [-0.2, 0) is 0 Å². The molecule has 0 spiro atoms. The number of carbonyl (C=O) groups excluding carboxylic acids is 2. The number of benzene rings is 1. The number of anilines is 2. The number of rotatable bonds is 36. The number of hydrogen-bond donors (Lipinski definition) is 2. The van der Waals surface area contributed by atoms with Gasteiger partial charge in [-0.1, -0.05) is 213 Å². The van der Waals surface area contributed by atoms with E-state index in [9.17, 15) is 9.59 Å². The molecule has 0 radical (unpaired) electrons. The van der Waals surface area contributed by atoms with E-state index in [0.717, 1.165) is 42.6 Å². The highest BCUT2D eigenvalue weighted by Crippen LogP contribution is 2.28. The molecule has 1 aromatic rings. The summed E-state index contributed by atoms with van der Waals surface area (Å²) in [5.41, 5.74) is 14.2. The molecule has 1 rings (SSSR count). The minimum Gasteiger partial charge on any atom is -0.351 e. The van der Waals surface area contributed by atoms with Crippen molar-refractivity contribution in [2.75, 3.05) is 22.9 Å². The summed E-state index contributed by atoms with van der Waals surface area (Å²) in [5, 5.41) is 0. The Morgan fingerprint density at radius 1 is 0.431 bits per heavy atom. The van der Waals surface area contributed by atoms with Crippen LogP contribution in [0.25, 0.3) is 0 Å². The molecule has 0 aliphatic heterocycles. The minimum atomic E-state index is -0.450. The van der Waals surface area contributed by atoms with Gasteiger partial charge in [0.1, 0.15) is 0 Å². The van der Waals surface area contributed by atoms with Crippen LogP contribution in [0.15, 0.2) is 18.2 Å². The second-order valence-electron chi connectivity index (χ2n) is 15.6. The van der Waals surface area contributed by atoms with Gasteiger partial charge in [-0.05, 0) is 37.5 Å². The molecule has 0 saturated heterocycles. The first kappa shape index (κ1) is 46.8. The van der Waals surface area contributed by atoms with E-state index in [0.29, 0.717) is 13.1 Å². The Morgan fingerprint density at radius 3 is 1.00 bits per heavy atom. The van der Waals surface area contributed by atoms with Crippen molar-refractivity contribution in [3.63, 3.8) is 0 Å². The Labute approximate surface area is 316 Å². The Hall–Kier alpha value is -2.24. The number of urea groups is 2. The van der Waals surface area contributed by atoms with Crippen molar-refractivity contribution < 1.29 is 9.59 Å². The number of nitrogens with zero attached hydrogens (tertiary/aromatic N) is 2. The molecule has 0 atom stereocenters. The summed E-state index contributed by atoms with van der Waals surface area (Å²) >= 11 is 0. The number of nitrogens with two attached hydrogens (primary N) is 2. The monoisotopic (exact) mass is 713 g/mol. The SMILES string of the molecule is CCCCCCCCCCCCCCCCCCN(C(N)=O)c1ccc(C)c(N(CCCCCCCCCCCCCCCCCC)C(N)=O)c1. The van der Waals surface area contributed by atoms with E-state index in [-0.39, 0.29) is 0 Å². The fraction of sp³-hybridized carbons (Fsp3) is 0.822. The first-order valence-corrected chi connectivity index (χ1v) is 22.2. The lowest BCUT2D eigenvalue weighted by atomic mass is 10.0. The van der Waals surface area contributed by atoms with E-state index >= 15 is 0 Å². The number of carbonyl (C=O) groups is 2. The van der Waals surface area contributed by atoms with Gasteiger partial charge in [0.2, 0.25) is 0 Å². The molecule has 1 aromatic carbocycles. The lowest BCUT2D eigenvalue weighted by molar-refractivity contribution is 0.253. The molecule has 0 heterocycles. The largest absolute Gasteiger partial charge is 0.351 e. The van der Waals surface area contributed by atoms with Gasteiger partial charge in [-0.25, -0.2) is 9.59 Å². The van der Waals surface area contributed by atoms with Crippen LogP contribution in [0, 0.1) is 6.92 Å². The molecule has 296 valence electrons. The van der Waals surface area contributed by atoms with Crippen molar-refractivity contribution in [2.24, 2.45) is 11.5 Å². The Balaban J connectivity index is 2.27. The fourth-order valence-corrected chi connectivity index (χ4v) is 7.41. The molecule has 0 fully saturated rings. The molecule has 4 N–H and O–H groups in total. The van der Waals surface area contributed by atoms with Crippen LogP contribution in [0.3, 0.4) is 0 Å². The van der Waals surface area contributed by atoms with Crippen molar-refractivity contribution in [1.82, 2.24) is 0 Å². The number of aryl methyl sites for hydroxylation is 1. The Bertz CT molecular complexity index is 968. The Morgan fingerprint density at radius 2 is 0.706 bits per heavy atom. The summed E-state index contributed by atoms with van der Waals surface area (Å²) in [6.07, 6.45) is 42.1. The third-order valence-electron chi connectivity index (χ3n) is 10.8. The summed E-state index contributed by atoms with van der Waals surface area (Å²) in [7, 11) is 0. The van der Waals surface area contributed by atoms with Crippen LogP contribution in [0.5, 0.6) is 0 Å². The average Bonchev–Trinajstić information content (AvgIpc) is 3.11. The highest BCUT2D eigenvalue weighted by Gasteiger charge is 2.19. The van der Waals surface area contributed by atoms with E-state index in [4.69, 9.17) is 11.5 Å². The highest BCUT2D eigenvalue weighted by atomic mass is 16.2. The van der Waals surface area contributed by atoms with E-state index in [1.807, 2.05) is 25.1 Å². The first-order valence-electron chi connectivity index (χ1n) is 22.2. The third-order valence-corrected chi connectivity index (χ3v) is 10.8. The van der Waals surface area contributed by atoms with Gasteiger partial charge in [0, 0.05) is 18.8 Å². The van der Waals surface area contributed by atoms with Crippen LogP contribution < -0.4 is 21.3 Å². The zero-order valence-electron chi connectivity index (χ0n) is 34.1. The van der Waals surface area contributed by atoms with Gasteiger partial charge >= 0.3 is 12.1 Å². The Kier molecular flexibility index (Phi) is 30.8. The molecule has 6 heteroatoms. The second kappa shape index (κ2) is 33.6. The van der Waals surface area contributed by atoms with Gasteiger partial charge in [0.15, 0.2) is 0 Å². The lowest BCUT2D eigenvalue weighted by Crippen LogP contribution is -2.38. The topological polar surface area (TPSA) is 92.7 Å². The molecule has 6 nitrogen and oxygen atoms in total. The number of hydrogen-bond acceptors (Lipinski definition) is 2. The second-order valence-corrected chi connectivity index (χ2v) is 15.6. The summed E-state index contributed by atoms with van der Waals surface area (Å²) in [6.45, 7) is 7.74. The molecule has 0 aliphatic rings. The zero-order valence-corrected chi connectivity index (χ0v) is 34.1. The average molecular weight is 713 g/mol. The van der Waals surface area contributed by atoms with Crippen LogP contribution in [-0.4, -0.2) is 25.2 Å². The first-order chi connectivity index (χ1) is 24.9. The molecule has 0 aliphatic carbocycles. The van der Waals surface area contributed by atoms with E-state index in [1.165, 1.54) is 180 Å². The van der Waals surface area contributed by atoms with Crippen LogP contribution in [0.2, 0.25) is 0 Å². The van der Waals surface area contributed by atoms with Crippen molar-refractivity contribution in [3.05, 3.63) is 23.8 Å². The summed E-state index contributed by atoms with van der Waals surface area (Å²) in [4.78, 5) is 28.3. The lowest BCUT2D eigenvalue weighted by Gasteiger charge is -2.26. The van der Waals surface area contributed by atoms with Crippen LogP contribution in [0.4, 0.5) is 21.0 Å². The van der Waals surface area contributed by atoms with Crippen molar-refractivity contribution in [1.29, 1.82) is 0 Å². The van der Waals surface area contributed by atoms with Crippen molar-refractivity contribution in [2.45, 2.75) is 226 Å². The molecule has 0 bridgehead atoms. The molecule has 0 unspecified atom stereocenters. The molecule has 4 amide bonds. The third kappa shape index (κ3) is 25.4. The number of amides is 4. The fourth-order valence-electron chi connectivity index (χ4n) is 7.41. The minimum absolute atomic E-state index is 0.445. The van der Waals surface area contributed by atoms with E-state index in [1.54, 1.807) is 9.80 Å². The van der Waals surface area contributed by atoms with E-state index in [2.05, 4.69) is 13.8 Å². The zero-order chi connectivity index (χ0) is 37.2. The van der Waals surface area contributed by atoms with Gasteiger partial charge in [-0.15, -0.1) is 0 Å². The maximum Gasteiger partial charge on any atom is 0.319 e. The predicted octanol–water partition coefficient (Wildman–Crippen LogP) is 14.3. The molecular formula is C45H84N4O2. The molecule has 0 aromatic heterocycles. The molecular weight excluding hydrogens is 629 g/mol. The standard InChI is InChI=1S/C45H84N4O2/c1-4-6-8-10-12-14-16-18-20-22-24-26-28-30-32-34-38-48(44(46)50)42-37-36-41(3)43(40-42)49(45(47)51)39-35-33-31-29-27-25-23-21-19-17-15-13-11-9-7-5-2/h36-37,40H,4-35,38-39H2,1-3H3,(H2,46,50)(H2,47,51). The quantitative estimate of drug-likeness (QED) is 0.0678. The van der Waals surface area contributed by atoms with Gasteiger partial charge in [-0.2, -0.15) is 0 Å². The molecule has 51 heavy (non-hydrogen) atoms. The maximum atomic E-state index is 12.5. The van der Waals surface area contributed by atoms with E-state index < -0.39 is 12.1 Å². The number of unbranched alkanes of at least 4 members (excludes halogenated alkanes) is 30. The summed E-state index contributed by atoms with van der Waals surface area (Å²) < 4.78 is 0. The van der Waals surface area contributed by atoms with Crippen LogP contribution >= 0.6 is 0 Å². The van der Waals surface area contributed by atoms with Gasteiger partial charge in [0.05, 0.1) is 5.69 Å². The van der Waals surface area contributed by atoms with Crippen molar-refractivity contribution in [3.8, 4) is 0 Å². The van der Waals surface area contributed by atoms with Gasteiger partial charge in [0.25, 0.3) is 0 Å². The molecule has 0 saturated carbocycles. The maximum absolute atomic E-state index is 12.5. The predicted molar refractivity (Wildman–Crippen MR) is 224 cm³/mol. The van der Waals surface area contributed by atoms with Gasteiger partial charge < -0.3 is 11.5 Å². The highest BCUT2D eigenvalue weighted by molar-refractivity contribution is 5.95.